The molecule has 4 aromatic rings. The Bertz CT molecular complexity index is 1530. The van der Waals surface area contributed by atoms with Gasteiger partial charge in [0.2, 0.25) is 0 Å². The predicted octanol–water partition coefficient (Wildman–Crippen LogP) is 3.21. The molecule has 2 aromatic heterocycles. The number of carbonyl (C=O) groups is 2. The summed E-state index contributed by atoms with van der Waals surface area (Å²) in [7, 11) is 4.80. The van der Waals surface area contributed by atoms with E-state index in [2.05, 4.69) is 15.0 Å². The van der Waals surface area contributed by atoms with E-state index >= 15 is 4.39 Å². The predicted molar refractivity (Wildman–Crippen MR) is 128 cm³/mol. The Morgan fingerprint density at radius 2 is 1.97 bits per heavy atom. The van der Waals surface area contributed by atoms with Crippen molar-refractivity contribution in [1.29, 1.82) is 0 Å². The summed E-state index contributed by atoms with van der Waals surface area (Å²) < 4.78 is 22.2. The maximum atomic E-state index is 15.1. The lowest BCUT2D eigenvalue weighted by molar-refractivity contribution is -0.211. The number of rotatable bonds is 7. The molecule has 0 aliphatic heterocycles. The van der Waals surface area contributed by atoms with Gasteiger partial charge in [0.15, 0.2) is 5.75 Å². The Balaban J connectivity index is 1.57. The number of H-pyrrole nitrogens is 1. The highest BCUT2D eigenvalue weighted by Crippen LogP contribution is 2.34. The lowest BCUT2D eigenvalue weighted by Crippen LogP contribution is -2.31. The van der Waals surface area contributed by atoms with Crippen LogP contribution in [0, 0.1) is 5.82 Å². The number of hydrogen-bond donors (Lipinski definition) is 1. The van der Waals surface area contributed by atoms with Crippen LogP contribution in [0.25, 0.3) is 22.0 Å². The van der Waals surface area contributed by atoms with Gasteiger partial charge in [0.1, 0.15) is 22.6 Å². The van der Waals surface area contributed by atoms with E-state index in [0.29, 0.717) is 16.8 Å². The standard InChI is InChI=1S/C25H23FN4O6/c1-14(31)35-36-17-10-19(24(32)27-11-17)25(33)29(2)12-16-6-5-15(9-21(16)26)18-7-8-22(34-4)23-20(18)13-30(3)28-23/h5-11,13H,12H2,1-4H3,(H,27,32). The van der Waals surface area contributed by atoms with Gasteiger partial charge in [-0.25, -0.2) is 9.18 Å². The highest BCUT2D eigenvalue weighted by Gasteiger charge is 2.20. The first-order chi connectivity index (χ1) is 17.2. The Labute approximate surface area is 204 Å². The molecule has 1 N–H and O–H groups in total. The monoisotopic (exact) mass is 494 g/mol. The van der Waals surface area contributed by atoms with Crippen molar-refractivity contribution in [1.82, 2.24) is 19.7 Å². The van der Waals surface area contributed by atoms with Crippen LogP contribution in [0.1, 0.15) is 22.8 Å². The molecule has 0 radical (unpaired) electrons. The lowest BCUT2D eigenvalue weighted by Gasteiger charge is -2.18. The maximum absolute atomic E-state index is 15.1. The summed E-state index contributed by atoms with van der Waals surface area (Å²) in [5, 5.41) is 5.23. The fourth-order valence-corrected chi connectivity index (χ4v) is 3.77. The molecule has 0 atom stereocenters. The molecule has 186 valence electrons. The topological polar surface area (TPSA) is 116 Å². The van der Waals surface area contributed by atoms with Gasteiger partial charge in [-0.2, -0.15) is 5.10 Å². The van der Waals surface area contributed by atoms with E-state index in [0.717, 1.165) is 30.1 Å². The number of ether oxygens (including phenoxy) is 1. The molecule has 0 bridgehead atoms. The average Bonchev–Trinajstić information content (AvgIpc) is 3.25. The number of hydrogen-bond acceptors (Lipinski definition) is 7. The summed E-state index contributed by atoms with van der Waals surface area (Å²) in [6.07, 6.45) is 2.99. The van der Waals surface area contributed by atoms with E-state index < -0.39 is 23.3 Å². The van der Waals surface area contributed by atoms with Crippen LogP contribution in [0.4, 0.5) is 4.39 Å². The number of aromatic amines is 1. The number of fused-ring (bicyclic) bond motifs is 1. The van der Waals surface area contributed by atoms with Crippen molar-refractivity contribution in [3.05, 3.63) is 76.1 Å². The molecule has 1 amide bonds. The third-order valence-corrected chi connectivity index (χ3v) is 5.45. The Hall–Kier alpha value is -4.67. The molecular weight excluding hydrogens is 471 g/mol. The number of amides is 1. The smallest absolute Gasteiger partial charge is 0.352 e. The number of nitrogens with zero attached hydrogens (tertiary/aromatic N) is 3. The molecule has 0 saturated heterocycles. The van der Waals surface area contributed by atoms with Crippen LogP contribution < -0.4 is 15.2 Å². The highest BCUT2D eigenvalue weighted by atomic mass is 19.1. The molecule has 2 aromatic carbocycles. The van der Waals surface area contributed by atoms with Crippen molar-refractivity contribution in [2.75, 3.05) is 14.2 Å². The molecule has 0 fully saturated rings. The Kier molecular flexibility index (Phi) is 6.73. The Morgan fingerprint density at radius 1 is 1.19 bits per heavy atom. The van der Waals surface area contributed by atoms with Crippen LogP contribution >= 0.6 is 0 Å². The SMILES string of the molecule is COc1ccc(-c2ccc(CN(C)C(=O)c3cc(OOC(C)=O)c[nH]c3=O)c(F)c2)c2cn(C)nc12. The van der Waals surface area contributed by atoms with Crippen LogP contribution in [-0.2, 0) is 23.3 Å². The zero-order chi connectivity index (χ0) is 26.0. The van der Waals surface area contributed by atoms with Crippen LogP contribution in [0.5, 0.6) is 11.5 Å². The van der Waals surface area contributed by atoms with E-state index in [1.54, 1.807) is 37.0 Å². The molecule has 0 aliphatic rings. The number of benzene rings is 2. The van der Waals surface area contributed by atoms with Crippen LogP contribution in [0.2, 0.25) is 0 Å². The van der Waals surface area contributed by atoms with Gasteiger partial charge in [-0.3, -0.25) is 24.0 Å². The third-order valence-electron chi connectivity index (χ3n) is 5.45. The first kappa shape index (κ1) is 24.5. The van der Waals surface area contributed by atoms with Crippen molar-refractivity contribution < 1.29 is 28.5 Å². The summed E-state index contributed by atoms with van der Waals surface area (Å²) in [6.45, 7) is 1.05. The molecule has 0 spiro atoms. The lowest BCUT2D eigenvalue weighted by atomic mass is 9.99. The van der Waals surface area contributed by atoms with Gasteiger partial charge in [-0.05, 0) is 29.3 Å². The van der Waals surface area contributed by atoms with Gasteiger partial charge in [0.05, 0.1) is 13.3 Å². The normalized spacial score (nSPS) is 10.8. The van der Waals surface area contributed by atoms with Crippen molar-refractivity contribution in [3.8, 4) is 22.6 Å². The van der Waals surface area contributed by atoms with E-state index in [1.165, 1.54) is 18.0 Å². The maximum Gasteiger partial charge on any atom is 0.352 e. The molecule has 11 heteroatoms. The summed E-state index contributed by atoms with van der Waals surface area (Å²) >= 11 is 0. The number of nitrogens with one attached hydrogen (secondary N) is 1. The summed E-state index contributed by atoms with van der Waals surface area (Å²) in [5.41, 5.74) is 1.42. The fourth-order valence-electron chi connectivity index (χ4n) is 3.77. The second kappa shape index (κ2) is 9.90. The summed E-state index contributed by atoms with van der Waals surface area (Å²) in [5.74, 6) is -1.31. The Morgan fingerprint density at radius 3 is 2.67 bits per heavy atom. The van der Waals surface area contributed by atoms with Gasteiger partial charge in [-0.15, -0.1) is 0 Å². The van der Waals surface area contributed by atoms with Crippen molar-refractivity contribution >= 4 is 22.8 Å². The minimum Gasteiger partial charge on any atom is -0.494 e. The van der Waals surface area contributed by atoms with E-state index in [1.807, 2.05) is 12.3 Å². The number of carbonyl (C=O) groups excluding carboxylic acids is 2. The van der Waals surface area contributed by atoms with Crippen LogP contribution in [0.15, 0.2) is 53.6 Å². The minimum absolute atomic E-state index is 0.0432. The van der Waals surface area contributed by atoms with E-state index in [4.69, 9.17) is 9.62 Å². The zero-order valence-corrected chi connectivity index (χ0v) is 20.0. The van der Waals surface area contributed by atoms with Crippen molar-refractivity contribution in [2.45, 2.75) is 13.5 Å². The van der Waals surface area contributed by atoms with E-state index in [-0.39, 0.29) is 23.4 Å². The highest BCUT2D eigenvalue weighted by molar-refractivity contribution is 5.98. The number of halogens is 1. The molecule has 0 aliphatic carbocycles. The molecule has 10 nitrogen and oxygen atoms in total. The largest absolute Gasteiger partial charge is 0.494 e. The first-order valence-corrected chi connectivity index (χ1v) is 10.8. The average molecular weight is 494 g/mol. The summed E-state index contributed by atoms with van der Waals surface area (Å²) in [6, 6.07) is 9.49. The van der Waals surface area contributed by atoms with Crippen molar-refractivity contribution in [3.63, 3.8) is 0 Å². The van der Waals surface area contributed by atoms with Gasteiger partial charge in [-0.1, -0.05) is 12.1 Å². The van der Waals surface area contributed by atoms with E-state index in [9.17, 15) is 14.4 Å². The molecular formula is C25H23FN4O6. The summed E-state index contributed by atoms with van der Waals surface area (Å²) in [4.78, 5) is 48.7. The van der Waals surface area contributed by atoms with Gasteiger partial charge < -0.3 is 14.6 Å². The van der Waals surface area contributed by atoms with Gasteiger partial charge in [0, 0.05) is 50.8 Å². The first-order valence-electron chi connectivity index (χ1n) is 10.8. The fraction of sp³-hybridized carbons (Fsp3) is 0.200. The minimum atomic E-state index is -0.705. The zero-order valence-electron chi connectivity index (χ0n) is 20.0. The van der Waals surface area contributed by atoms with Crippen molar-refractivity contribution in [2.24, 2.45) is 7.05 Å². The second-order valence-electron chi connectivity index (χ2n) is 8.08. The molecule has 0 unspecified atom stereocenters. The van der Waals surface area contributed by atoms with Gasteiger partial charge >= 0.3 is 5.97 Å². The number of aromatic nitrogens is 3. The van der Waals surface area contributed by atoms with Crippen LogP contribution in [0.3, 0.4) is 0 Å². The third kappa shape index (κ3) is 4.90. The number of pyridine rings is 1. The molecule has 36 heavy (non-hydrogen) atoms. The number of aryl methyl sites for hydroxylation is 1. The molecule has 0 saturated carbocycles. The second-order valence-corrected chi connectivity index (χ2v) is 8.08. The van der Waals surface area contributed by atoms with Crippen LogP contribution in [-0.4, -0.2) is 45.7 Å². The number of methoxy groups -OCH3 is 1. The quantitative estimate of drug-likeness (QED) is 0.310. The molecule has 4 rings (SSSR count). The molecule has 2 heterocycles. The van der Waals surface area contributed by atoms with Gasteiger partial charge in [0.25, 0.3) is 11.5 Å².